The van der Waals surface area contributed by atoms with E-state index in [0.717, 1.165) is 16.9 Å². The number of benzene rings is 2. The van der Waals surface area contributed by atoms with Gasteiger partial charge < -0.3 is 4.74 Å². The number of hydrogen-bond acceptors (Lipinski definition) is 3. The van der Waals surface area contributed by atoms with Crippen LogP contribution in [0.2, 0.25) is 0 Å². The highest BCUT2D eigenvalue weighted by Gasteiger charge is 2.23. The zero-order valence-electron chi connectivity index (χ0n) is 14.4. The summed E-state index contributed by atoms with van der Waals surface area (Å²) in [6.07, 6.45) is 1.24. The van der Waals surface area contributed by atoms with Gasteiger partial charge >= 0.3 is 0 Å². The minimum Gasteiger partial charge on any atom is -0.489 e. The van der Waals surface area contributed by atoms with Crippen LogP contribution >= 0.6 is 0 Å². The highest BCUT2D eigenvalue weighted by Crippen LogP contribution is 2.35. The third-order valence-electron chi connectivity index (χ3n) is 3.72. The van der Waals surface area contributed by atoms with E-state index in [2.05, 4.69) is 20.8 Å². The van der Waals surface area contributed by atoms with Gasteiger partial charge in [0.1, 0.15) is 12.4 Å². The normalized spacial score (nSPS) is 12.2. The van der Waals surface area contributed by atoms with Gasteiger partial charge in [-0.25, -0.2) is 8.42 Å². The molecule has 0 aromatic heterocycles. The Hall–Kier alpha value is -1.81. The molecule has 0 bridgehead atoms. The highest BCUT2D eigenvalue weighted by molar-refractivity contribution is 7.90. The molecule has 0 aliphatic rings. The fourth-order valence-electron chi connectivity index (χ4n) is 2.50. The van der Waals surface area contributed by atoms with Gasteiger partial charge in [0, 0.05) is 11.8 Å². The van der Waals surface area contributed by atoms with Crippen molar-refractivity contribution in [3.8, 4) is 5.75 Å². The Kier molecular flexibility index (Phi) is 4.85. The second-order valence-corrected chi connectivity index (χ2v) is 8.89. The third kappa shape index (κ3) is 4.35. The fourth-order valence-corrected chi connectivity index (χ4v) is 3.48. The lowest BCUT2D eigenvalue weighted by Crippen LogP contribution is -2.15. The van der Waals surface area contributed by atoms with Gasteiger partial charge in [-0.3, -0.25) is 0 Å². The smallest absolute Gasteiger partial charge is 0.175 e. The van der Waals surface area contributed by atoms with Crippen LogP contribution in [0.25, 0.3) is 0 Å². The van der Waals surface area contributed by atoms with Gasteiger partial charge in [0.05, 0.1) is 4.90 Å². The molecular formula is C19H24O3S. The largest absolute Gasteiger partial charge is 0.489 e. The Labute approximate surface area is 139 Å². The second kappa shape index (κ2) is 6.36. The van der Waals surface area contributed by atoms with Crippen LogP contribution in [0, 0.1) is 6.92 Å². The second-order valence-electron chi connectivity index (χ2n) is 6.91. The standard InChI is InChI=1S/C19H24O3S/c1-14-11-17(22-13-15-9-7-6-8-10-15)16(19(2,3)4)12-18(14)23(5,20)21/h6-12H,13H2,1-5H3. The van der Waals surface area contributed by atoms with Crippen LogP contribution in [0.5, 0.6) is 5.75 Å². The van der Waals surface area contributed by atoms with Crippen LogP contribution in [0.1, 0.15) is 37.5 Å². The number of sulfone groups is 1. The molecule has 0 radical (unpaired) electrons. The van der Waals surface area contributed by atoms with E-state index in [1.165, 1.54) is 6.26 Å². The van der Waals surface area contributed by atoms with Crippen molar-refractivity contribution in [3.63, 3.8) is 0 Å². The van der Waals surface area contributed by atoms with E-state index in [1.807, 2.05) is 36.4 Å². The van der Waals surface area contributed by atoms with Gasteiger partial charge in [0.25, 0.3) is 0 Å². The first-order valence-corrected chi connectivity index (χ1v) is 9.50. The Morgan fingerprint density at radius 2 is 1.65 bits per heavy atom. The Balaban J connectivity index is 2.44. The van der Waals surface area contributed by atoms with Crippen molar-refractivity contribution in [2.75, 3.05) is 6.26 Å². The molecule has 0 heterocycles. The van der Waals surface area contributed by atoms with Crippen LogP contribution in [-0.2, 0) is 21.9 Å². The minimum atomic E-state index is -3.26. The molecule has 0 amide bonds. The van der Waals surface area contributed by atoms with Gasteiger partial charge in [-0.05, 0) is 35.6 Å². The Morgan fingerprint density at radius 3 is 2.17 bits per heavy atom. The molecule has 4 heteroatoms. The lowest BCUT2D eigenvalue weighted by atomic mass is 9.86. The van der Waals surface area contributed by atoms with Gasteiger partial charge in [0.2, 0.25) is 0 Å². The van der Waals surface area contributed by atoms with Crippen molar-refractivity contribution in [1.82, 2.24) is 0 Å². The van der Waals surface area contributed by atoms with E-state index >= 15 is 0 Å². The predicted octanol–water partition coefficient (Wildman–Crippen LogP) is 4.28. The van der Waals surface area contributed by atoms with Gasteiger partial charge in [-0.2, -0.15) is 0 Å². The molecule has 23 heavy (non-hydrogen) atoms. The van der Waals surface area contributed by atoms with Crippen molar-refractivity contribution < 1.29 is 13.2 Å². The highest BCUT2D eigenvalue weighted by atomic mass is 32.2. The van der Waals surface area contributed by atoms with Crippen LogP contribution in [0.3, 0.4) is 0 Å². The molecule has 2 rings (SSSR count). The van der Waals surface area contributed by atoms with E-state index in [9.17, 15) is 8.42 Å². The first-order chi connectivity index (χ1) is 10.6. The van der Waals surface area contributed by atoms with Crippen LogP contribution in [0.15, 0.2) is 47.4 Å². The molecule has 3 nitrogen and oxygen atoms in total. The number of hydrogen-bond donors (Lipinski definition) is 0. The van der Waals surface area contributed by atoms with Gasteiger partial charge in [-0.1, -0.05) is 51.1 Å². The molecule has 0 fully saturated rings. The first kappa shape index (κ1) is 17.5. The average Bonchev–Trinajstić information content (AvgIpc) is 2.43. The molecular weight excluding hydrogens is 308 g/mol. The molecule has 2 aromatic carbocycles. The number of aryl methyl sites for hydroxylation is 1. The summed E-state index contributed by atoms with van der Waals surface area (Å²) in [6, 6.07) is 13.5. The van der Waals surface area contributed by atoms with E-state index in [0.29, 0.717) is 17.1 Å². The Bertz CT molecular complexity index is 785. The van der Waals surface area contributed by atoms with E-state index in [-0.39, 0.29) is 5.41 Å². The topological polar surface area (TPSA) is 43.4 Å². The average molecular weight is 332 g/mol. The summed E-state index contributed by atoms with van der Waals surface area (Å²) in [5.41, 5.74) is 2.49. The van der Waals surface area contributed by atoms with E-state index < -0.39 is 9.84 Å². The van der Waals surface area contributed by atoms with Gasteiger partial charge in [-0.15, -0.1) is 0 Å². The van der Waals surface area contributed by atoms with E-state index in [1.54, 1.807) is 13.0 Å². The summed E-state index contributed by atoms with van der Waals surface area (Å²) in [5.74, 6) is 0.742. The molecule has 0 atom stereocenters. The summed E-state index contributed by atoms with van der Waals surface area (Å²) in [5, 5.41) is 0. The molecule has 124 valence electrons. The molecule has 0 N–H and O–H groups in total. The summed E-state index contributed by atoms with van der Waals surface area (Å²) in [7, 11) is -3.26. The zero-order valence-corrected chi connectivity index (χ0v) is 15.2. The maximum atomic E-state index is 12.0. The summed E-state index contributed by atoms with van der Waals surface area (Å²) >= 11 is 0. The summed E-state index contributed by atoms with van der Waals surface area (Å²) in [4.78, 5) is 0.370. The quantitative estimate of drug-likeness (QED) is 0.839. The molecule has 0 aliphatic heterocycles. The SMILES string of the molecule is Cc1cc(OCc2ccccc2)c(C(C)(C)C)cc1S(C)(=O)=O. The van der Waals surface area contributed by atoms with E-state index in [4.69, 9.17) is 4.74 Å². The van der Waals surface area contributed by atoms with Crippen molar-refractivity contribution >= 4 is 9.84 Å². The van der Waals surface area contributed by atoms with Crippen molar-refractivity contribution in [1.29, 1.82) is 0 Å². The Morgan fingerprint density at radius 1 is 1.04 bits per heavy atom. The minimum absolute atomic E-state index is 0.209. The van der Waals surface area contributed by atoms with Crippen LogP contribution < -0.4 is 4.74 Å². The summed E-state index contributed by atoms with van der Waals surface area (Å²) in [6.45, 7) is 8.43. The molecule has 0 unspecified atom stereocenters. The maximum absolute atomic E-state index is 12.0. The van der Waals surface area contributed by atoms with Crippen molar-refractivity contribution in [2.24, 2.45) is 0 Å². The van der Waals surface area contributed by atoms with Gasteiger partial charge in [0.15, 0.2) is 9.84 Å². The third-order valence-corrected chi connectivity index (χ3v) is 4.96. The lowest BCUT2D eigenvalue weighted by molar-refractivity contribution is 0.297. The zero-order chi connectivity index (χ0) is 17.3. The van der Waals surface area contributed by atoms with Crippen LogP contribution in [0.4, 0.5) is 0 Å². The molecule has 0 aliphatic carbocycles. The first-order valence-electron chi connectivity index (χ1n) is 7.61. The molecule has 0 saturated heterocycles. The number of ether oxygens (including phenoxy) is 1. The predicted molar refractivity (Wildman–Crippen MR) is 93.8 cm³/mol. The van der Waals surface area contributed by atoms with Crippen LogP contribution in [-0.4, -0.2) is 14.7 Å². The maximum Gasteiger partial charge on any atom is 0.175 e. The van der Waals surface area contributed by atoms with Crippen molar-refractivity contribution in [2.45, 2.75) is 44.6 Å². The monoisotopic (exact) mass is 332 g/mol. The molecule has 0 saturated carbocycles. The fraction of sp³-hybridized carbons (Fsp3) is 0.368. The van der Waals surface area contributed by atoms with Crippen molar-refractivity contribution in [3.05, 3.63) is 59.2 Å². The molecule has 0 spiro atoms. The lowest BCUT2D eigenvalue weighted by Gasteiger charge is -2.24. The molecule has 2 aromatic rings. The number of rotatable bonds is 4. The summed E-state index contributed by atoms with van der Waals surface area (Å²) < 4.78 is 30.0.